The lowest BCUT2D eigenvalue weighted by molar-refractivity contribution is -0.306. The second kappa shape index (κ2) is 29.6. The van der Waals surface area contributed by atoms with Gasteiger partial charge in [-0.25, -0.2) is 0 Å². The number of aliphatic hydroxyl groups is 12. The van der Waals surface area contributed by atoms with E-state index < -0.39 is 110 Å². The number of hydrogen-bond donors (Lipinski definition) is 15. The maximum atomic E-state index is 12.9. The molecular weight excluding hydrogens is 840 g/mol. The van der Waals surface area contributed by atoms with E-state index >= 15 is 0 Å². The molecule has 0 bridgehead atoms. The average Bonchev–Trinajstić information content (AvgIpc) is 3.21. The van der Waals surface area contributed by atoms with Gasteiger partial charge in [-0.15, -0.1) is 0 Å². The SMILES string of the molecule is CCC(OC1OC(C)C(O)C(O)C1O)C(C)C(=O)CC(O)CC(O)CC(O)/C=C/CC(O)CC(O)CC(O)CC(O)/C=C/CC(O)CC(O)CCCNC(=O)C(N)c1ccc(O)cc1. The summed E-state index contributed by atoms with van der Waals surface area (Å²) in [6.45, 7) is 5.11. The third kappa shape index (κ3) is 21.6. The van der Waals surface area contributed by atoms with E-state index in [1.807, 2.05) is 0 Å². The zero-order valence-electron chi connectivity index (χ0n) is 37.2. The van der Waals surface area contributed by atoms with Crippen LogP contribution in [0, 0.1) is 5.92 Å². The van der Waals surface area contributed by atoms with E-state index in [1.54, 1.807) is 26.0 Å². The van der Waals surface area contributed by atoms with Gasteiger partial charge < -0.3 is 86.9 Å². The molecule has 1 amide bonds. The number of hydrogen-bond acceptors (Lipinski definition) is 18. The molecule has 64 heavy (non-hydrogen) atoms. The molecule has 0 aliphatic carbocycles. The van der Waals surface area contributed by atoms with Crippen LogP contribution in [0.25, 0.3) is 0 Å². The molecular formula is C45H76N2O17. The summed E-state index contributed by atoms with van der Waals surface area (Å²) in [7, 11) is 0. The third-order valence-corrected chi connectivity index (χ3v) is 11.3. The first-order chi connectivity index (χ1) is 30.1. The molecule has 368 valence electrons. The maximum Gasteiger partial charge on any atom is 0.241 e. The van der Waals surface area contributed by atoms with Crippen molar-refractivity contribution in [2.75, 3.05) is 6.54 Å². The Balaban J connectivity index is 1.61. The number of aromatic hydroxyl groups is 1. The largest absolute Gasteiger partial charge is 0.508 e. The van der Waals surface area contributed by atoms with Crippen molar-refractivity contribution in [3.05, 3.63) is 54.1 Å². The van der Waals surface area contributed by atoms with Crippen LogP contribution in [0.3, 0.4) is 0 Å². The van der Waals surface area contributed by atoms with Gasteiger partial charge in [-0.2, -0.15) is 0 Å². The highest BCUT2D eigenvalue weighted by Gasteiger charge is 2.44. The van der Waals surface area contributed by atoms with Crippen LogP contribution >= 0.6 is 0 Å². The average molecular weight is 917 g/mol. The van der Waals surface area contributed by atoms with E-state index in [4.69, 9.17) is 15.2 Å². The zero-order valence-corrected chi connectivity index (χ0v) is 37.2. The minimum absolute atomic E-state index is 0.0348. The normalized spacial score (nSPS) is 25.2. The van der Waals surface area contributed by atoms with Crippen molar-refractivity contribution in [1.82, 2.24) is 5.32 Å². The van der Waals surface area contributed by atoms with Crippen LogP contribution < -0.4 is 11.1 Å². The van der Waals surface area contributed by atoms with Gasteiger partial charge in [-0.1, -0.05) is 50.3 Å². The van der Waals surface area contributed by atoms with E-state index in [0.29, 0.717) is 24.8 Å². The molecule has 1 fully saturated rings. The maximum absolute atomic E-state index is 12.9. The van der Waals surface area contributed by atoms with Gasteiger partial charge in [0, 0.05) is 31.7 Å². The topological polar surface area (TPSA) is 354 Å². The van der Waals surface area contributed by atoms with Gasteiger partial charge in [0.1, 0.15) is 35.9 Å². The van der Waals surface area contributed by atoms with Crippen molar-refractivity contribution in [1.29, 1.82) is 0 Å². The third-order valence-electron chi connectivity index (χ3n) is 11.3. The molecule has 1 heterocycles. The predicted molar refractivity (Wildman–Crippen MR) is 233 cm³/mol. The highest BCUT2D eigenvalue weighted by atomic mass is 16.7. The van der Waals surface area contributed by atoms with Crippen LogP contribution in [-0.4, -0.2) is 176 Å². The zero-order chi connectivity index (χ0) is 48.1. The molecule has 1 saturated heterocycles. The first-order valence-corrected chi connectivity index (χ1v) is 22.3. The molecule has 17 atom stereocenters. The summed E-state index contributed by atoms with van der Waals surface area (Å²) in [4.78, 5) is 25.2. The fourth-order valence-corrected chi connectivity index (χ4v) is 7.42. The summed E-state index contributed by atoms with van der Waals surface area (Å²) < 4.78 is 11.3. The van der Waals surface area contributed by atoms with E-state index in [-0.39, 0.29) is 75.9 Å². The Labute approximate surface area is 375 Å². The standard InChI is InChI=1S/C45H76N2O17/c1-4-39(64-45-43(61)42(60)41(59)26(3)63-45)25(2)38(58)24-37(57)23-36(56)21-32(52)11-6-10-31(51)20-35(55)22-34(54)19-30(50)9-5-8-29(49)18-33(53)12-7-17-47-44(62)40(46)27-13-15-28(48)16-14-27/h5-6,9,11,13-16,25-26,29-37,39-43,45,48-57,59-61H,4,7-8,10,12,17-24,46H2,1-3H3,(H,47,62)/b9-5+,11-6+. The Hall–Kier alpha value is -2.96. The van der Waals surface area contributed by atoms with Gasteiger partial charge in [0.2, 0.25) is 5.91 Å². The Kier molecular flexibility index (Phi) is 26.5. The molecule has 0 saturated carbocycles. The van der Waals surface area contributed by atoms with Gasteiger partial charge >= 0.3 is 0 Å². The first-order valence-electron chi connectivity index (χ1n) is 22.3. The van der Waals surface area contributed by atoms with Gasteiger partial charge in [0.15, 0.2) is 6.29 Å². The van der Waals surface area contributed by atoms with Crippen LogP contribution in [0.1, 0.15) is 109 Å². The quantitative estimate of drug-likeness (QED) is 0.0313. The lowest BCUT2D eigenvalue weighted by Gasteiger charge is -2.40. The number of ether oxygens (including phenoxy) is 2. The number of phenolic OH excluding ortho intramolecular Hbond substituents is 1. The fraction of sp³-hybridized carbons (Fsp3) is 0.733. The number of nitrogens with two attached hydrogens (primary N) is 1. The highest BCUT2D eigenvalue weighted by Crippen LogP contribution is 2.27. The Bertz CT molecular complexity index is 1520. The van der Waals surface area contributed by atoms with Crippen molar-refractivity contribution in [3.8, 4) is 5.75 Å². The highest BCUT2D eigenvalue weighted by molar-refractivity contribution is 5.83. The van der Waals surface area contributed by atoms with E-state index in [0.717, 1.165) is 0 Å². The molecule has 0 aromatic heterocycles. The Morgan fingerprint density at radius 1 is 0.734 bits per heavy atom. The number of aliphatic hydroxyl groups excluding tert-OH is 12. The Morgan fingerprint density at radius 2 is 1.23 bits per heavy atom. The van der Waals surface area contributed by atoms with E-state index in [9.17, 15) is 76.0 Å². The number of amides is 1. The van der Waals surface area contributed by atoms with Gasteiger partial charge in [0.05, 0.1) is 67.1 Å². The van der Waals surface area contributed by atoms with E-state index in [1.165, 1.54) is 43.4 Å². The second-order valence-corrected chi connectivity index (χ2v) is 17.2. The van der Waals surface area contributed by atoms with E-state index in [2.05, 4.69) is 5.32 Å². The molecule has 1 aromatic carbocycles. The number of carbonyl (C=O) groups is 2. The summed E-state index contributed by atoms with van der Waals surface area (Å²) in [5, 5.41) is 136. The number of Topliss-reactive ketones (excluding diaryl/α,β-unsaturated/α-hetero) is 1. The number of rotatable bonds is 31. The fourth-order valence-electron chi connectivity index (χ4n) is 7.42. The minimum atomic E-state index is -1.54. The summed E-state index contributed by atoms with van der Waals surface area (Å²) in [6.07, 6.45) is -10.9. The molecule has 0 radical (unpaired) electrons. The van der Waals surface area contributed by atoms with Crippen molar-refractivity contribution in [2.45, 2.75) is 196 Å². The summed E-state index contributed by atoms with van der Waals surface area (Å²) >= 11 is 0. The molecule has 17 unspecified atom stereocenters. The van der Waals surface area contributed by atoms with Crippen molar-refractivity contribution in [2.24, 2.45) is 11.7 Å². The van der Waals surface area contributed by atoms with Crippen LogP contribution in [-0.2, 0) is 19.1 Å². The molecule has 19 nitrogen and oxygen atoms in total. The van der Waals surface area contributed by atoms with Crippen LogP contribution in [0.15, 0.2) is 48.6 Å². The van der Waals surface area contributed by atoms with Crippen LogP contribution in [0.4, 0.5) is 0 Å². The second-order valence-electron chi connectivity index (χ2n) is 17.2. The van der Waals surface area contributed by atoms with Crippen LogP contribution in [0.2, 0.25) is 0 Å². The minimum Gasteiger partial charge on any atom is -0.508 e. The summed E-state index contributed by atoms with van der Waals surface area (Å²) in [5.74, 6) is -1.47. The monoisotopic (exact) mass is 917 g/mol. The molecule has 2 rings (SSSR count). The molecule has 1 aliphatic rings. The lowest BCUT2D eigenvalue weighted by Crippen LogP contribution is -2.58. The summed E-state index contributed by atoms with van der Waals surface area (Å²) in [5.41, 5.74) is 6.48. The Morgan fingerprint density at radius 3 is 1.78 bits per heavy atom. The van der Waals surface area contributed by atoms with Gasteiger partial charge in [-0.05, 0) is 82.4 Å². The molecule has 19 heteroatoms. The van der Waals surface area contributed by atoms with Crippen LogP contribution in [0.5, 0.6) is 5.75 Å². The smallest absolute Gasteiger partial charge is 0.241 e. The summed E-state index contributed by atoms with van der Waals surface area (Å²) in [6, 6.07) is 5.07. The van der Waals surface area contributed by atoms with Gasteiger partial charge in [-0.3, -0.25) is 9.59 Å². The molecule has 1 aliphatic heterocycles. The number of benzene rings is 1. The lowest BCUT2D eigenvalue weighted by atomic mass is 9.91. The van der Waals surface area contributed by atoms with Crippen molar-refractivity contribution < 1.29 is 85.4 Å². The predicted octanol–water partition coefficient (Wildman–Crippen LogP) is -1.01. The molecule has 0 spiro atoms. The molecule has 16 N–H and O–H groups in total. The van der Waals surface area contributed by atoms with Crippen molar-refractivity contribution >= 4 is 11.7 Å². The molecule has 1 aromatic rings. The number of ketones is 1. The number of phenols is 1. The first kappa shape index (κ1) is 57.2. The van der Waals surface area contributed by atoms with Gasteiger partial charge in [0.25, 0.3) is 0 Å². The number of nitrogens with one attached hydrogen (secondary N) is 1. The van der Waals surface area contributed by atoms with Crippen molar-refractivity contribution in [3.63, 3.8) is 0 Å². The number of carbonyl (C=O) groups excluding carboxylic acids is 2.